The van der Waals surface area contributed by atoms with Crippen molar-refractivity contribution in [1.82, 2.24) is 9.55 Å². The number of aryl methyl sites for hydroxylation is 2. The Morgan fingerprint density at radius 3 is 3.00 bits per heavy atom. The van der Waals surface area contributed by atoms with Gasteiger partial charge in [-0.05, 0) is 30.7 Å². The van der Waals surface area contributed by atoms with Gasteiger partial charge in [-0.25, -0.2) is 4.98 Å². The third-order valence-corrected chi connectivity index (χ3v) is 2.68. The third kappa shape index (κ3) is 3.10. The van der Waals surface area contributed by atoms with E-state index in [4.69, 9.17) is 5.73 Å². The number of benzene rings is 1. The molecule has 1 aromatic carbocycles. The Balaban J connectivity index is 1.91. The topological polar surface area (TPSA) is 72.9 Å². The molecule has 94 valence electrons. The first-order valence-electron chi connectivity index (χ1n) is 5.77. The number of nitrogens with zero attached hydrogens (tertiary/aromatic N) is 2. The Morgan fingerprint density at radius 2 is 2.33 bits per heavy atom. The van der Waals surface area contributed by atoms with Crippen molar-refractivity contribution in [3.8, 4) is 0 Å². The van der Waals surface area contributed by atoms with Gasteiger partial charge < -0.3 is 15.6 Å². The Hall–Kier alpha value is -2.30. The number of nitrogen functional groups attached to an aromatic ring is 1. The minimum Gasteiger partial charge on any atom is -0.399 e. The molecule has 0 atom stereocenters. The van der Waals surface area contributed by atoms with E-state index in [1.807, 2.05) is 29.8 Å². The maximum absolute atomic E-state index is 11.8. The van der Waals surface area contributed by atoms with E-state index in [0.717, 1.165) is 11.3 Å². The van der Waals surface area contributed by atoms with Gasteiger partial charge in [-0.1, -0.05) is 0 Å². The SMILES string of the molecule is Cc1cc(N)ccc1NC(=O)CCn1ccnc1. The summed E-state index contributed by atoms with van der Waals surface area (Å²) in [7, 11) is 0. The molecule has 0 aliphatic rings. The average Bonchev–Trinajstić information content (AvgIpc) is 2.83. The molecular weight excluding hydrogens is 228 g/mol. The third-order valence-electron chi connectivity index (χ3n) is 2.68. The molecule has 0 unspecified atom stereocenters. The molecule has 0 bridgehead atoms. The molecular formula is C13H16N4O. The molecule has 0 fully saturated rings. The molecule has 1 amide bonds. The number of carbonyl (C=O) groups is 1. The molecule has 2 rings (SSSR count). The van der Waals surface area contributed by atoms with Gasteiger partial charge in [0.1, 0.15) is 0 Å². The van der Waals surface area contributed by atoms with Crippen LogP contribution in [0.1, 0.15) is 12.0 Å². The quantitative estimate of drug-likeness (QED) is 0.805. The standard InChI is InChI=1S/C13H16N4O/c1-10-8-11(14)2-3-12(10)16-13(18)4-6-17-7-5-15-9-17/h2-3,5,7-9H,4,6,14H2,1H3,(H,16,18). The summed E-state index contributed by atoms with van der Waals surface area (Å²) in [5, 5.41) is 2.87. The van der Waals surface area contributed by atoms with Gasteiger partial charge in [0.2, 0.25) is 5.91 Å². The van der Waals surface area contributed by atoms with Crippen LogP contribution in [0.25, 0.3) is 0 Å². The fourth-order valence-corrected chi connectivity index (χ4v) is 1.69. The fraction of sp³-hybridized carbons (Fsp3) is 0.231. The Kier molecular flexibility index (Phi) is 3.62. The molecule has 1 heterocycles. The zero-order chi connectivity index (χ0) is 13.0. The van der Waals surface area contributed by atoms with Crippen molar-refractivity contribution >= 4 is 17.3 Å². The van der Waals surface area contributed by atoms with Crippen LogP contribution in [0.3, 0.4) is 0 Å². The van der Waals surface area contributed by atoms with Crippen LogP contribution in [0, 0.1) is 6.92 Å². The van der Waals surface area contributed by atoms with Gasteiger partial charge >= 0.3 is 0 Å². The highest BCUT2D eigenvalue weighted by atomic mass is 16.1. The van der Waals surface area contributed by atoms with Gasteiger partial charge in [0.25, 0.3) is 0 Å². The lowest BCUT2D eigenvalue weighted by molar-refractivity contribution is -0.116. The zero-order valence-electron chi connectivity index (χ0n) is 10.3. The van der Waals surface area contributed by atoms with E-state index in [9.17, 15) is 4.79 Å². The number of imidazole rings is 1. The number of hydrogen-bond acceptors (Lipinski definition) is 3. The maximum atomic E-state index is 11.8. The minimum absolute atomic E-state index is 0.0171. The Morgan fingerprint density at radius 1 is 1.50 bits per heavy atom. The highest BCUT2D eigenvalue weighted by molar-refractivity contribution is 5.91. The van der Waals surface area contributed by atoms with Gasteiger partial charge in [0, 0.05) is 36.7 Å². The van der Waals surface area contributed by atoms with Crippen LogP contribution in [0.2, 0.25) is 0 Å². The van der Waals surface area contributed by atoms with E-state index in [0.29, 0.717) is 18.7 Å². The van der Waals surface area contributed by atoms with Gasteiger partial charge in [-0.15, -0.1) is 0 Å². The van der Waals surface area contributed by atoms with E-state index in [-0.39, 0.29) is 5.91 Å². The van der Waals surface area contributed by atoms with Crippen molar-refractivity contribution in [2.45, 2.75) is 19.9 Å². The summed E-state index contributed by atoms with van der Waals surface area (Å²) in [5.74, 6) is -0.0171. The number of anilines is 2. The van der Waals surface area contributed by atoms with Crippen LogP contribution in [0.4, 0.5) is 11.4 Å². The van der Waals surface area contributed by atoms with Crippen molar-refractivity contribution in [2.24, 2.45) is 0 Å². The van der Waals surface area contributed by atoms with Crippen molar-refractivity contribution in [3.63, 3.8) is 0 Å². The summed E-state index contributed by atoms with van der Waals surface area (Å²) in [6.07, 6.45) is 5.64. The van der Waals surface area contributed by atoms with Crippen LogP contribution >= 0.6 is 0 Å². The second kappa shape index (κ2) is 5.35. The van der Waals surface area contributed by atoms with E-state index in [2.05, 4.69) is 10.3 Å². The van der Waals surface area contributed by atoms with Gasteiger partial charge in [0.05, 0.1) is 6.33 Å². The van der Waals surface area contributed by atoms with Crippen LogP contribution in [-0.4, -0.2) is 15.5 Å². The second-order valence-corrected chi connectivity index (χ2v) is 4.17. The molecule has 0 aliphatic carbocycles. The van der Waals surface area contributed by atoms with Crippen LogP contribution < -0.4 is 11.1 Å². The zero-order valence-corrected chi connectivity index (χ0v) is 10.3. The number of aromatic nitrogens is 2. The van der Waals surface area contributed by atoms with E-state index in [1.165, 1.54) is 0 Å². The van der Waals surface area contributed by atoms with Gasteiger partial charge in [-0.2, -0.15) is 0 Å². The first-order chi connectivity index (χ1) is 8.65. The minimum atomic E-state index is -0.0171. The maximum Gasteiger partial charge on any atom is 0.226 e. The van der Waals surface area contributed by atoms with Crippen molar-refractivity contribution in [3.05, 3.63) is 42.5 Å². The van der Waals surface area contributed by atoms with E-state index in [1.54, 1.807) is 18.6 Å². The highest BCUT2D eigenvalue weighted by Crippen LogP contribution is 2.17. The summed E-state index contributed by atoms with van der Waals surface area (Å²) in [6.45, 7) is 2.54. The average molecular weight is 244 g/mol. The summed E-state index contributed by atoms with van der Waals surface area (Å²) in [6, 6.07) is 5.43. The number of amides is 1. The molecule has 5 heteroatoms. The number of carbonyl (C=O) groups excluding carboxylic acids is 1. The summed E-state index contributed by atoms with van der Waals surface area (Å²) in [5.41, 5.74) is 8.13. The van der Waals surface area contributed by atoms with Crippen LogP contribution in [0.15, 0.2) is 36.9 Å². The van der Waals surface area contributed by atoms with Crippen LogP contribution in [-0.2, 0) is 11.3 Å². The van der Waals surface area contributed by atoms with Crippen molar-refractivity contribution in [1.29, 1.82) is 0 Å². The van der Waals surface area contributed by atoms with Crippen molar-refractivity contribution < 1.29 is 4.79 Å². The molecule has 0 saturated heterocycles. The summed E-state index contributed by atoms with van der Waals surface area (Å²) in [4.78, 5) is 15.7. The molecule has 2 aromatic rings. The number of rotatable bonds is 4. The molecule has 0 saturated carbocycles. The molecule has 1 aromatic heterocycles. The first kappa shape index (κ1) is 12.2. The smallest absolute Gasteiger partial charge is 0.226 e. The Bertz CT molecular complexity index is 534. The molecule has 0 aliphatic heterocycles. The van der Waals surface area contributed by atoms with Crippen LogP contribution in [0.5, 0.6) is 0 Å². The lowest BCUT2D eigenvalue weighted by atomic mass is 10.2. The number of hydrogen-bond donors (Lipinski definition) is 2. The second-order valence-electron chi connectivity index (χ2n) is 4.17. The lowest BCUT2D eigenvalue weighted by Crippen LogP contribution is -2.14. The Labute approximate surface area is 106 Å². The van der Waals surface area contributed by atoms with Crippen molar-refractivity contribution in [2.75, 3.05) is 11.1 Å². The summed E-state index contributed by atoms with van der Waals surface area (Å²) >= 11 is 0. The monoisotopic (exact) mass is 244 g/mol. The first-order valence-corrected chi connectivity index (χ1v) is 5.77. The molecule has 5 nitrogen and oxygen atoms in total. The predicted molar refractivity (Wildman–Crippen MR) is 71.1 cm³/mol. The highest BCUT2D eigenvalue weighted by Gasteiger charge is 2.05. The number of nitrogens with two attached hydrogens (primary N) is 1. The van der Waals surface area contributed by atoms with E-state index < -0.39 is 0 Å². The van der Waals surface area contributed by atoms with E-state index >= 15 is 0 Å². The summed E-state index contributed by atoms with van der Waals surface area (Å²) < 4.78 is 1.87. The largest absolute Gasteiger partial charge is 0.399 e. The lowest BCUT2D eigenvalue weighted by Gasteiger charge is -2.09. The normalized spacial score (nSPS) is 10.3. The fourth-order valence-electron chi connectivity index (χ4n) is 1.69. The molecule has 0 spiro atoms. The van der Waals surface area contributed by atoms with Gasteiger partial charge in [0.15, 0.2) is 0 Å². The molecule has 18 heavy (non-hydrogen) atoms. The van der Waals surface area contributed by atoms with Gasteiger partial charge in [-0.3, -0.25) is 4.79 Å². The molecule has 0 radical (unpaired) electrons. The predicted octanol–water partition coefficient (Wildman–Crippen LogP) is 1.80. The molecule has 3 N–H and O–H groups in total. The number of nitrogens with one attached hydrogen (secondary N) is 1.